The average molecular weight is 389 g/mol. The molecule has 2 N–H and O–H groups in total. The molecule has 0 aliphatic carbocycles. The van der Waals surface area contributed by atoms with E-state index < -0.39 is 0 Å². The van der Waals surface area contributed by atoms with Crippen LogP contribution in [0.25, 0.3) is 0 Å². The Morgan fingerprint density at radius 1 is 1.00 bits per heavy atom. The lowest BCUT2D eigenvalue weighted by molar-refractivity contribution is 0.102. The van der Waals surface area contributed by atoms with Crippen LogP contribution in [0, 0.1) is 5.92 Å². The van der Waals surface area contributed by atoms with Gasteiger partial charge in [-0.1, -0.05) is 44.2 Å². The molecule has 0 saturated heterocycles. The Morgan fingerprint density at radius 3 is 2.41 bits per heavy atom. The maximum Gasteiger partial charge on any atom is 0.257 e. The highest BCUT2D eigenvalue weighted by molar-refractivity contribution is 6.04. The van der Waals surface area contributed by atoms with E-state index in [1.165, 1.54) is 0 Å². The molecule has 0 unspecified atom stereocenters. The Kier molecular flexibility index (Phi) is 7.22. The predicted octanol–water partition coefficient (Wildman–Crippen LogP) is 5.37. The van der Waals surface area contributed by atoms with Crippen molar-refractivity contribution in [3.63, 3.8) is 0 Å². The molecule has 0 radical (unpaired) electrons. The molecule has 3 rings (SSSR count). The molecule has 1 amide bonds. The smallest absolute Gasteiger partial charge is 0.257 e. The van der Waals surface area contributed by atoms with Gasteiger partial charge in [-0.15, -0.1) is 0 Å². The lowest BCUT2D eigenvalue weighted by Crippen LogP contribution is -2.13. The van der Waals surface area contributed by atoms with Gasteiger partial charge in [-0.25, -0.2) is 4.98 Å². The van der Waals surface area contributed by atoms with Crippen LogP contribution >= 0.6 is 0 Å². The van der Waals surface area contributed by atoms with E-state index >= 15 is 0 Å². The second-order valence-electron chi connectivity index (χ2n) is 7.29. The van der Waals surface area contributed by atoms with Crippen LogP contribution in [-0.2, 0) is 6.61 Å². The van der Waals surface area contributed by atoms with E-state index in [-0.39, 0.29) is 5.91 Å². The molecular formula is C24H27N3O2. The van der Waals surface area contributed by atoms with Crippen molar-refractivity contribution < 1.29 is 9.53 Å². The van der Waals surface area contributed by atoms with E-state index in [2.05, 4.69) is 29.5 Å². The highest BCUT2D eigenvalue weighted by Crippen LogP contribution is 2.18. The standard InChI is InChI=1S/C24H27N3O2/c1-18(2)14-15-25-23-13-8-20(16-26-23)24(28)27-21-9-11-22(12-10-21)29-17-19-6-4-3-5-7-19/h3-13,16,18H,14-15,17H2,1-2H3,(H,25,26)(H,27,28). The van der Waals surface area contributed by atoms with Gasteiger partial charge in [0, 0.05) is 18.4 Å². The number of nitrogens with one attached hydrogen (secondary N) is 2. The van der Waals surface area contributed by atoms with Gasteiger partial charge in [0.25, 0.3) is 5.91 Å². The van der Waals surface area contributed by atoms with E-state index in [0.29, 0.717) is 23.8 Å². The molecule has 2 aromatic carbocycles. The van der Waals surface area contributed by atoms with E-state index in [1.807, 2.05) is 60.7 Å². The summed E-state index contributed by atoms with van der Waals surface area (Å²) >= 11 is 0. The maximum atomic E-state index is 12.4. The molecule has 3 aromatic rings. The number of hydrogen-bond acceptors (Lipinski definition) is 4. The van der Waals surface area contributed by atoms with Crippen LogP contribution < -0.4 is 15.4 Å². The number of anilines is 2. The van der Waals surface area contributed by atoms with Crippen LogP contribution in [0.15, 0.2) is 72.9 Å². The quantitative estimate of drug-likeness (QED) is 0.516. The minimum Gasteiger partial charge on any atom is -0.489 e. The van der Waals surface area contributed by atoms with Gasteiger partial charge in [0.1, 0.15) is 18.2 Å². The SMILES string of the molecule is CC(C)CCNc1ccc(C(=O)Nc2ccc(OCc3ccccc3)cc2)cn1. The number of benzene rings is 2. The molecule has 0 bridgehead atoms. The van der Waals surface area contributed by atoms with Crippen molar-refractivity contribution in [3.05, 3.63) is 84.1 Å². The summed E-state index contributed by atoms with van der Waals surface area (Å²) < 4.78 is 5.77. The Balaban J connectivity index is 1.49. The molecule has 0 spiro atoms. The Morgan fingerprint density at radius 2 is 1.76 bits per heavy atom. The number of rotatable bonds is 9. The fraction of sp³-hybridized carbons (Fsp3) is 0.250. The average Bonchev–Trinajstić information content (AvgIpc) is 2.74. The summed E-state index contributed by atoms with van der Waals surface area (Å²) in [6.45, 7) is 5.75. The number of nitrogens with zero attached hydrogens (tertiary/aromatic N) is 1. The third kappa shape index (κ3) is 6.64. The number of aromatic nitrogens is 1. The maximum absolute atomic E-state index is 12.4. The summed E-state index contributed by atoms with van der Waals surface area (Å²) in [7, 11) is 0. The van der Waals surface area contributed by atoms with Gasteiger partial charge in [-0.2, -0.15) is 0 Å². The van der Waals surface area contributed by atoms with E-state index in [0.717, 1.165) is 30.1 Å². The van der Waals surface area contributed by atoms with E-state index in [4.69, 9.17) is 4.74 Å². The Labute approximate surface area is 172 Å². The monoisotopic (exact) mass is 389 g/mol. The van der Waals surface area contributed by atoms with Crippen molar-refractivity contribution in [1.82, 2.24) is 4.98 Å². The molecule has 5 nitrogen and oxygen atoms in total. The van der Waals surface area contributed by atoms with Gasteiger partial charge in [-0.05, 0) is 54.3 Å². The molecule has 29 heavy (non-hydrogen) atoms. The van der Waals surface area contributed by atoms with Gasteiger partial charge in [0.2, 0.25) is 0 Å². The van der Waals surface area contributed by atoms with Crippen molar-refractivity contribution in [2.24, 2.45) is 5.92 Å². The molecule has 150 valence electrons. The predicted molar refractivity (Wildman–Crippen MR) is 117 cm³/mol. The third-order valence-electron chi connectivity index (χ3n) is 4.41. The fourth-order valence-corrected chi connectivity index (χ4v) is 2.70. The van der Waals surface area contributed by atoms with Gasteiger partial charge >= 0.3 is 0 Å². The van der Waals surface area contributed by atoms with Gasteiger partial charge in [-0.3, -0.25) is 4.79 Å². The van der Waals surface area contributed by atoms with Crippen molar-refractivity contribution in [3.8, 4) is 5.75 Å². The minimum absolute atomic E-state index is 0.191. The largest absolute Gasteiger partial charge is 0.489 e. The second kappa shape index (κ2) is 10.3. The van der Waals surface area contributed by atoms with Crippen molar-refractivity contribution >= 4 is 17.4 Å². The van der Waals surface area contributed by atoms with E-state index in [1.54, 1.807) is 12.3 Å². The fourth-order valence-electron chi connectivity index (χ4n) is 2.70. The number of amides is 1. The second-order valence-corrected chi connectivity index (χ2v) is 7.29. The highest BCUT2D eigenvalue weighted by Gasteiger charge is 2.07. The summed E-state index contributed by atoms with van der Waals surface area (Å²) in [4.78, 5) is 16.7. The molecule has 0 fully saturated rings. The van der Waals surface area contributed by atoms with Gasteiger partial charge < -0.3 is 15.4 Å². The van der Waals surface area contributed by atoms with Gasteiger partial charge in [0.15, 0.2) is 0 Å². The molecular weight excluding hydrogens is 362 g/mol. The molecule has 0 aliphatic heterocycles. The Bertz CT molecular complexity index is 892. The summed E-state index contributed by atoms with van der Waals surface area (Å²) in [6, 6.07) is 20.9. The molecule has 1 heterocycles. The normalized spacial score (nSPS) is 10.6. The van der Waals surface area contributed by atoms with Crippen LogP contribution in [0.1, 0.15) is 36.2 Å². The van der Waals surface area contributed by atoms with Crippen LogP contribution in [0.2, 0.25) is 0 Å². The van der Waals surface area contributed by atoms with Crippen LogP contribution in [0.4, 0.5) is 11.5 Å². The third-order valence-corrected chi connectivity index (χ3v) is 4.41. The first kappa shape index (κ1) is 20.4. The topological polar surface area (TPSA) is 63.2 Å². The van der Waals surface area contributed by atoms with Crippen LogP contribution in [-0.4, -0.2) is 17.4 Å². The van der Waals surface area contributed by atoms with Crippen molar-refractivity contribution in [1.29, 1.82) is 0 Å². The molecule has 0 saturated carbocycles. The zero-order chi connectivity index (χ0) is 20.5. The summed E-state index contributed by atoms with van der Waals surface area (Å²) in [5.74, 6) is 1.99. The first-order valence-electron chi connectivity index (χ1n) is 9.88. The summed E-state index contributed by atoms with van der Waals surface area (Å²) in [6.07, 6.45) is 2.67. The Hall–Kier alpha value is -3.34. The number of carbonyl (C=O) groups is 1. The molecule has 0 aliphatic rings. The molecule has 0 atom stereocenters. The van der Waals surface area contributed by atoms with Crippen LogP contribution in [0.3, 0.4) is 0 Å². The number of pyridine rings is 1. The lowest BCUT2D eigenvalue weighted by Gasteiger charge is -2.10. The number of ether oxygens (including phenoxy) is 1. The van der Waals surface area contributed by atoms with Gasteiger partial charge in [0.05, 0.1) is 5.56 Å². The highest BCUT2D eigenvalue weighted by atomic mass is 16.5. The number of carbonyl (C=O) groups excluding carboxylic acids is 1. The zero-order valence-electron chi connectivity index (χ0n) is 16.9. The van der Waals surface area contributed by atoms with Crippen LogP contribution in [0.5, 0.6) is 5.75 Å². The lowest BCUT2D eigenvalue weighted by atomic mass is 10.1. The molecule has 1 aromatic heterocycles. The minimum atomic E-state index is -0.191. The van der Waals surface area contributed by atoms with Crippen molar-refractivity contribution in [2.75, 3.05) is 17.2 Å². The first-order chi connectivity index (χ1) is 14.1. The zero-order valence-corrected chi connectivity index (χ0v) is 16.9. The van der Waals surface area contributed by atoms with E-state index in [9.17, 15) is 4.79 Å². The summed E-state index contributed by atoms with van der Waals surface area (Å²) in [5.41, 5.74) is 2.34. The number of hydrogen-bond donors (Lipinski definition) is 2. The summed E-state index contributed by atoms with van der Waals surface area (Å²) in [5, 5.41) is 6.15. The first-order valence-corrected chi connectivity index (χ1v) is 9.88. The van der Waals surface area contributed by atoms with Crippen molar-refractivity contribution in [2.45, 2.75) is 26.9 Å². The molecule has 5 heteroatoms.